The van der Waals surface area contributed by atoms with E-state index in [9.17, 15) is 4.79 Å². The Morgan fingerprint density at radius 1 is 1.17 bits per heavy atom. The van der Waals surface area contributed by atoms with Crippen LogP contribution in [0.2, 0.25) is 0 Å². The molecule has 2 fully saturated rings. The largest absolute Gasteiger partial charge is 0.299 e. The molecule has 2 heteroatoms. The molecule has 18 heavy (non-hydrogen) atoms. The van der Waals surface area contributed by atoms with Crippen LogP contribution in [-0.2, 0) is 11.2 Å². The Balaban J connectivity index is 1.66. The first-order valence-electron chi connectivity index (χ1n) is 7.15. The van der Waals surface area contributed by atoms with Crippen LogP contribution in [0, 0.1) is 5.92 Å². The second-order valence-corrected chi connectivity index (χ2v) is 5.59. The van der Waals surface area contributed by atoms with E-state index >= 15 is 0 Å². The third-order valence-corrected chi connectivity index (χ3v) is 4.52. The average molecular weight is 243 g/mol. The van der Waals surface area contributed by atoms with E-state index in [0.717, 1.165) is 32.2 Å². The number of aryl methyl sites for hydroxylation is 1. The number of hydrogen-bond acceptors (Lipinski definition) is 2. The molecule has 0 aromatic heterocycles. The zero-order chi connectivity index (χ0) is 12.4. The highest BCUT2D eigenvalue weighted by Crippen LogP contribution is 2.32. The summed E-state index contributed by atoms with van der Waals surface area (Å²) in [6, 6.07) is 11.2. The van der Waals surface area contributed by atoms with Gasteiger partial charge in [-0.15, -0.1) is 0 Å². The topological polar surface area (TPSA) is 20.3 Å². The summed E-state index contributed by atoms with van der Waals surface area (Å²) in [5.74, 6) is 0.847. The molecule has 2 bridgehead atoms. The molecule has 3 atom stereocenters. The van der Waals surface area contributed by atoms with Crippen LogP contribution in [0.4, 0.5) is 0 Å². The molecular weight excluding hydrogens is 222 g/mol. The lowest BCUT2D eigenvalue weighted by molar-refractivity contribution is -0.131. The number of fused-ring (bicyclic) bond motifs is 2. The number of benzene rings is 1. The van der Waals surface area contributed by atoms with Gasteiger partial charge in [-0.25, -0.2) is 0 Å². The molecule has 0 amide bonds. The van der Waals surface area contributed by atoms with Crippen LogP contribution >= 0.6 is 0 Å². The van der Waals surface area contributed by atoms with Gasteiger partial charge in [0.05, 0.1) is 0 Å². The molecule has 1 aromatic rings. The molecule has 1 unspecified atom stereocenters. The van der Waals surface area contributed by atoms with Gasteiger partial charge in [0.2, 0.25) is 0 Å². The van der Waals surface area contributed by atoms with Crippen molar-refractivity contribution in [3.8, 4) is 0 Å². The van der Waals surface area contributed by atoms with Gasteiger partial charge in [-0.2, -0.15) is 0 Å². The quantitative estimate of drug-likeness (QED) is 0.813. The smallest absolute Gasteiger partial charge is 0.138 e. The highest BCUT2D eigenvalue weighted by molar-refractivity contribution is 5.82. The third-order valence-electron chi connectivity index (χ3n) is 4.52. The Kier molecular flexibility index (Phi) is 3.46. The van der Waals surface area contributed by atoms with Crippen LogP contribution in [0.25, 0.3) is 0 Å². The number of ketones is 1. The minimum atomic E-state index is 0.330. The van der Waals surface area contributed by atoms with Crippen LogP contribution in [0.3, 0.4) is 0 Å². The summed E-state index contributed by atoms with van der Waals surface area (Å²) in [6.45, 7) is 2.19. The highest BCUT2D eigenvalue weighted by atomic mass is 16.1. The van der Waals surface area contributed by atoms with Crippen molar-refractivity contribution in [2.45, 2.75) is 38.1 Å². The van der Waals surface area contributed by atoms with Gasteiger partial charge < -0.3 is 0 Å². The molecule has 1 aromatic carbocycles. The Hall–Kier alpha value is -1.15. The molecular formula is C16H21NO. The maximum Gasteiger partial charge on any atom is 0.138 e. The molecule has 0 aliphatic carbocycles. The summed E-state index contributed by atoms with van der Waals surface area (Å²) in [5.41, 5.74) is 1.40. The second kappa shape index (κ2) is 5.23. The van der Waals surface area contributed by atoms with E-state index < -0.39 is 0 Å². The fourth-order valence-corrected chi connectivity index (χ4v) is 3.56. The van der Waals surface area contributed by atoms with Gasteiger partial charge >= 0.3 is 0 Å². The Morgan fingerprint density at radius 2 is 2.00 bits per heavy atom. The molecule has 2 nitrogen and oxygen atoms in total. The molecule has 3 rings (SSSR count). The summed E-state index contributed by atoms with van der Waals surface area (Å²) in [5, 5.41) is 0. The number of Topliss-reactive ketones (excluding diaryl/α,β-unsaturated/α-hetero) is 1. The second-order valence-electron chi connectivity index (χ2n) is 5.59. The van der Waals surface area contributed by atoms with Gasteiger partial charge in [0.15, 0.2) is 0 Å². The molecule has 0 radical (unpaired) electrons. The van der Waals surface area contributed by atoms with Crippen molar-refractivity contribution in [3.63, 3.8) is 0 Å². The summed E-state index contributed by atoms with van der Waals surface area (Å²) >= 11 is 0. The Bertz CT molecular complexity index is 414. The van der Waals surface area contributed by atoms with Gasteiger partial charge in [0.25, 0.3) is 0 Å². The van der Waals surface area contributed by atoms with E-state index in [1.165, 1.54) is 18.5 Å². The first-order chi connectivity index (χ1) is 8.84. The third kappa shape index (κ3) is 2.35. The van der Waals surface area contributed by atoms with E-state index in [0.29, 0.717) is 17.7 Å². The zero-order valence-electron chi connectivity index (χ0n) is 10.8. The summed E-state index contributed by atoms with van der Waals surface area (Å²) < 4.78 is 0. The standard InChI is InChI=1S/C16H21NO/c18-16-10-12-17-11-4-7-14(16)15(17)9-8-13-5-2-1-3-6-13/h1-3,5-6,14-15H,4,7-12H2/t14-,15-/m0/s1. The number of carbonyl (C=O) groups excluding carboxylic acids is 1. The lowest BCUT2D eigenvalue weighted by Crippen LogP contribution is -2.53. The van der Waals surface area contributed by atoms with Gasteiger partial charge in [-0.1, -0.05) is 30.3 Å². The molecule has 0 N–H and O–H groups in total. The maximum absolute atomic E-state index is 12.0. The van der Waals surface area contributed by atoms with Gasteiger partial charge in [0, 0.05) is 24.9 Å². The van der Waals surface area contributed by atoms with Crippen molar-refractivity contribution < 1.29 is 4.79 Å². The van der Waals surface area contributed by atoms with E-state index in [1.807, 2.05) is 0 Å². The Labute approximate surface area is 109 Å². The normalized spacial score (nSPS) is 31.3. The van der Waals surface area contributed by atoms with Crippen LogP contribution in [0.1, 0.15) is 31.2 Å². The minimum Gasteiger partial charge on any atom is -0.299 e. The average Bonchev–Trinajstić information content (AvgIpc) is 2.42. The predicted octanol–water partition coefficient (Wildman–Crippen LogP) is 2.67. The summed E-state index contributed by atoms with van der Waals surface area (Å²) in [6.07, 6.45) is 5.35. The number of piperidine rings is 2. The van der Waals surface area contributed by atoms with E-state index in [1.54, 1.807) is 0 Å². The molecule has 96 valence electrons. The van der Waals surface area contributed by atoms with Gasteiger partial charge in [-0.3, -0.25) is 9.69 Å². The van der Waals surface area contributed by atoms with Crippen LogP contribution in [0.5, 0.6) is 0 Å². The first kappa shape index (κ1) is 11.9. The van der Waals surface area contributed by atoms with E-state index in [2.05, 4.69) is 35.2 Å². The van der Waals surface area contributed by atoms with Crippen molar-refractivity contribution in [1.82, 2.24) is 4.90 Å². The molecule has 2 saturated heterocycles. The molecule has 2 aliphatic rings. The minimum absolute atomic E-state index is 0.330. The molecule has 0 spiro atoms. The van der Waals surface area contributed by atoms with Gasteiger partial charge in [0.1, 0.15) is 5.78 Å². The number of nitrogens with zero attached hydrogens (tertiary/aromatic N) is 1. The van der Waals surface area contributed by atoms with Crippen LogP contribution in [-0.4, -0.2) is 29.8 Å². The molecule has 0 saturated carbocycles. The van der Waals surface area contributed by atoms with E-state index in [-0.39, 0.29) is 0 Å². The van der Waals surface area contributed by atoms with Crippen molar-refractivity contribution in [2.75, 3.05) is 13.1 Å². The molecule has 2 aliphatic heterocycles. The fraction of sp³-hybridized carbons (Fsp3) is 0.562. The van der Waals surface area contributed by atoms with Crippen molar-refractivity contribution in [1.29, 1.82) is 0 Å². The summed E-state index contributed by atoms with van der Waals surface area (Å²) in [4.78, 5) is 14.6. The Morgan fingerprint density at radius 3 is 2.83 bits per heavy atom. The monoisotopic (exact) mass is 243 g/mol. The summed E-state index contributed by atoms with van der Waals surface area (Å²) in [7, 11) is 0. The van der Waals surface area contributed by atoms with E-state index in [4.69, 9.17) is 0 Å². The number of rotatable bonds is 3. The van der Waals surface area contributed by atoms with Crippen LogP contribution in [0.15, 0.2) is 30.3 Å². The van der Waals surface area contributed by atoms with Gasteiger partial charge in [-0.05, 0) is 37.8 Å². The SMILES string of the molecule is O=C1CCN2CCC[C@H]1[C@@H]2CCc1ccccc1. The number of carbonyl (C=O) groups is 1. The zero-order valence-corrected chi connectivity index (χ0v) is 10.8. The predicted molar refractivity (Wildman–Crippen MR) is 72.5 cm³/mol. The lowest BCUT2D eigenvalue weighted by atomic mass is 9.79. The highest BCUT2D eigenvalue weighted by Gasteiger charge is 2.38. The van der Waals surface area contributed by atoms with Crippen molar-refractivity contribution in [2.24, 2.45) is 5.92 Å². The number of hydrogen-bond donors (Lipinski definition) is 0. The van der Waals surface area contributed by atoms with Crippen molar-refractivity contribution in [3.05, 3.63) is 35.9 Å². The lowest BCUT2D eigenvalue weighted by Gasteiger charge is -2.44. The van der Waals surface area contributed by atoms with Crippen molar-refractivity contribution >= 4 is 5.78 Å². The van der Waals surface area contributed by atoms with Crippen LogP contribution < -0.4 is 0 Å². The molecule has 2 heterocycles. The first-order valence-corrected chi connectivity index (χ1v) is 7.15. The fourth-order valence-electron chi connectivity index (χ4n) is 3.56. The maximum atomic E-state index is 12.0.